The molecule has 24 heavy (non-hydrogen) atoms. The molecule has 0 aromatic heterocycles. The highest BCUT2D eigenvalue weighted by atomic mass is 19.4. The highest BCUT2D eigenvalue weighted by Gasteiger charge is 2.83. The van der Waals surface area contributed by atoms with Crippen LogP contribution in [0.25, 0.3) is 0 Å². The van der Waals surface area contributed by atoms with E-state index in [1.165, 1.54) is 0 Å². The molecule has 0 aliphatic rings. The summed E-state index contributed by atoms with van der Waals surface area (Å²) in [6.07, 6.45) is -7.08. The number of alkyl halides is 9. The Kier molecular flexibility index (Phi) is 4.80. The molecule has 0 spiro atoms. The molecule has 0 unspecified atom stereocenters. The van der Waals surface area contributed by atoms with Gasteiger partial charge in [-0.2, -0.15) is 39.5 Å². The van der Waals surface area contributed by atoms with E-state index in [1.54, 1.807) is 0 Å². The Morgan fingerprint density at radius 2 is 1.29 bits per heavy atom. The van der Waals surface area contributed by atoms with Crippen molar-refractivity contribution in [3.8, 4) is 0 Å². The summed E-state index contributed by atoms with van der Waals surface area (Å²) in [6, 6.07) is 0.654. The predicted octanol–water partition coefficient (Wildman–Crippen LogP) is 4.37. The molecule has 0 saturated heterocycles. The number of hydrogen-bond acceptors (Lipinski definition) is 1. The topological polar surface area (TPSA) is 29.1 Å². The van der Waals surface area contributed by atoms with Gasteiger partial charge >= 0.3 is 29.9 Å². The van der Waals surface area contributed by atoms with Crippen LogP contribution in [0.4, 0.5) is 54.0 Å². The molecule has 0 atom stereocenters. The number of amides is 1. The summed E-state index contributed by atoms with van der Waals surface area (Å²) in [7, 11) is 0. The van der Waals surface area contributed by atoms with Gasteiger partial charge in [0.05, 0.1) is 0 Å². The zero-order chi connectivity index (χ0) is 19.1. The fraction of sp³-hybridized carbons (Fsp3) is 0.364. The van der Waals surface area contributed by atoms with Gasteiger partial charge in [-0.25, -0.2) is 8.78 Å². The monoisotopic (exact) mass is 375 g/mol. The maximum absolute atomic E-state index is 13.2. The second kappa shape index (κ2) is 5.77. The van der Waals surface area contributed by atoms with E-state index in [-0.39, 0.29) is 12.1 Å². The van der Waals surface area contributed by atoms with E-state index in [1.807, 2.05) is 0 Å². The molecule has 0 fully saturated rings. The van der Waals surface area contributed by atoms with Crippen LogP contribution in [0, 0.1) is 11.6 Å². The SMILES string of the molecule is O=C(Nc1ccc(F)c(F)c1)C(F)(F)C(F)(F)C(F)(F)C(F)(F)F. The van der Waals surface area contributed by atoms with Crippen LogP contribution in [0.15, 0.2) is 18.2 Å². The van der Waals surface area contributed by atoms with Crippen LogP contribution in [-0.4, -0.2) is 29.9 Å². The zero-order valence-corrected chi connectivity index (χ0v) is 10.8. The first-order valence-electron chi connectivity index (χ1n) is 5.52. The number of benzene rings is 1. The van der Waals surface area contributed by atoms with Gasteiger partial charge in [-0.15, -0.1) is 0 Å². The van der Waals surface area contributed by atoms with Crippen molar-refractivity contribution < 1.29 is 53.1 Å². The van der Waals surface area contributed by atoms with Crippen molar-refractivity contribution in [2.45, 2.75) is 23.9 Å². The Morgan fingerprint density at radius 3 is 1.71 bits per heavy atom. The number of halogens is 11. The van der Waals surface area contributed by atoms with Crippen molar-refractivity contribution in [3.05, 3.63) is 29.8 Å². The molecule has 0 radical (unpaired) electrons. The molecule has 1 rings (SSSR count). The van der Waals surface area contributed by atoms with Gasteiger partial charge in [0, 0.05) is 11.8 Å². The minimum atomic E-state index is -7.24. The normalized spacial score (nSPS) is 13.8. The van der Waals surface area contributed by atoms with E-state index in [0.29, 0.717) is 6.07 Å². The molecule has 1 N–H and O–H groups in total. The van der Waals surface area contributed by atoms with E-state index >= 15 is 0 Å². The molecular weight excluding hydrogens is 371 g/mol. The summed E-state index contributed by atoms with van der Waals surface area (Å²) < 4.78 is 138. The van der Waals surface area contributed by atoms with Crippen molar-refractivity contribution >= 4 is 11.6 Å². The number of nitrogens with one attached hydrogen (secondary N) is 1. The van der Waals surface area contributed by atoms with Crippen molar-refractivity contribution in [2.24, 2.45) is 0 Å². The first-order valence-corrected chi connectivity index (χ1v) is 5.52. The first-order chi connectivity index (χ1) is 10.6. The van der Waals surface area contributed by atoms with Crippen molar-refractivity contribution in [2.75, 3.05) is 5.32 Å². The number of carbonyl (C=O) groups is 1. The smallest absolute Gasteiger partial charge is 0.321 e. The highest BCUT2D eigenvalue weighted by Crippen LogP contribution is 2.53. The lowest BCUT2D eigenvalue weighted by molar-refractivity contribution is -0.388. The lowest BCUT2D eigenvalue weighted by Crippen LogP contribution is -2.64. The minimum Gasteiger partial charge on any atom is -0.321 e. The summed E-state index contributed by atoms with van der Waals surface area (Å²) in [5, 5.41) is 0.804. The van der Waals surface area contributed by atoms with Crippen LogP contribution >= 0.6 is 0 Å². The molecule has 0 saturated carbocycles. The minimum absolute atomic E-state index is 0.0172. The van der Waals surface area contributed by atoms with Crippen molar-refractivity contribution in [1.82, 2.24) is 0 Å². The fourth-order valence-corrected chi connectivity index (χ4v) is 1.30. The zero-order valence-electron chi connectivity index (χ0n) is 10.8. The van der Waals surface area contributed by atoms with E-state index in [0.717, 1.165) is 5.32 Å². The summed E-state index contributed by atoms with van der Waals surface area (Å²) in [5.74, 6) is -27.5. The molecule has 1 aromatic carbocycles. The van der Waals surface area contributed by atoms with Gasteiger partial charge in [0.1, 0.15) is 0 Å². The van der Waals surface area contributed by atoms with E-state index < -0.39 is 47.2 Å². The van der Waals surface area contributed by atoms with E-state index in [4.69, 9.17) is 0 Å². The molecule has 136 valence electrons. The van der Waals surface area contributed by atoms with Crippen LogP contribution in [0.1, 0.15) is 0 Å². The Balaban J connectivity index is 3.17. The molecular formula is C11H4F11NO. The lowest BCUT2D eigenvalue weighted by Gasteiger charge is -2.32. The maximum Gasteiger partial charge on any atom is 0.460 e. The molecule has 1 amide bonds. The molecule has 2 nitrogen and oxygen atoms in total. The third kappa shape index (κ3) is 3.11. The third-order valence-electron chi connectivity index (χ3n) is 2.61. The molecule has 0 bridgehead atoms. The Hall–Kier alpha value is -2.08. The quantitative estimate of drug-likeness (QED) is 0.779. The molecule has 1 aromatic rings. The molecule has 0 heterocycles. The highest BCUT2D eigenvalue weighted by molar-refractivity contribution is 5.97. The van der Waals surface area contributed by atoms with E-state index in [2.05, 4.69) is 0 Å². The van der Waals surface area contributed by atoms with Gasteiger partial charge in [0.2, 0.25) is 0 Å². The second-order valence-corrected chi connectivity index (χ2v) is 4.30. The average molecular weight is 375 g/mol. The van der Waals surface area contributed by atoms with Crippen LogP contribution in [0.3, 0.4) is 0 Å². The third-order valence-corrected chi connectivity index (χ3v) is 2.61. The number of anilines is 1. The van der Waals surface area contributed by atoms with Crippen LogP contribution in [0.2, 0.25) is 0 Å². The number of hydrogen-bond donors (Lipinski definition) is 1. The van der Waals surface area contributed by atoms with Crippen LogP contribution in [-0.2, 0) is 4.79 Å². The molecule has 0 aliphatic carbocycles. The van der Waals surface area contributed by atoms with Crippen LogP contribution in [0.5, 0.6) is 0 Å². The number of carbonyl (C=O) groups excluding carboxylic acids is 1. The standard InChI is InChI=1S/C11H4F11NO/c12-5-2-1-4(3-6(5)13)23-7(24)8(14,15)9(16,17)10(18,19)11(20,21)22/h1-3H,(H,23,24). The van der Waals surface area contributed by atoms with Crippen LogP contribution < -0.4 is 5.32 Å². The largest absolute Gasteiger partial charge is 0.460 e. The van der Waals surface area contributed by atoms with Gasteiger partial charge in [-0.3, -0.25) is 4.79 Å². The summed E-state index contributed by atoms with van der Waals surface area (Å²) in [5.41, 5.74) is -1.08. The van der Waals surface area contributed by atoms with Gasteiger partial charge in [-0.05, 0) is 12.1 Å². The fourth-order valence-electron chi connectivity index (χ4n) is 1.30. The van der Waals surface area contributed by atoms with E-state index in [9.17, 15) is 53.1 Å². The van der Waals surface area contributed by atoms with Crippen molar-refractivity contribution in [3.63, 3.8) is 0 Å². The maximum atomic E-state index is 13.2. The van der Waals surface area contributed by atoms with Gasteiger partial charge in [0.15, 0.2) is 11.6 Å². The summed E-state index contributed by atoms with van der Waals surface area (Å²) in [4.78, 5) is 11.0. The summed E-state index contributed by atoms with van der Waals surface area (Å²) in [6.45, 7) is 0. The van der Waals surface area contributed by atoms with Crippen molar-refractivity contribution in [1.29, 1.82) is 0 Å². The predicted molar refractivity (Wildman–Crippen MR) is 55.9 cm³/mol. The molecule has 13 heteroatoms. The van der Waals surface area contributed by atoms with Gasteiger partial charge in [-0.1, -0.05) is 0 Å². The average Bonchev–Trinajstić information content (AvgIpc) is 2.41. The van der Waals surface area contributed by atoms with Gasteiger partial charge < -0.3 is 5.32 Å². The first kappa shape index (κ1) is 20.0. The summed E-state index contributed by atoms with van der Waals surface area (Å²) >= 11 is 0. The Labute approximate surface area is 125 Å². The number of rotatable bonds is 4. The molecule has 0 aliphatic heterocycles. The lowest BCUT2D eigenvalue weighted by atomic mass is 10.0. The van der Waals surface area contributed by atoms with Gasteiger partial charge in [0.25, 0.3) is 0 Å². The second-order valence-electron chi connectivity index (χ2n) is 4.30. The Morgan fingerprint density at radius 1 is 0.792 bits per heavy atom. The Bertz CT molecular complexity index is 637.